The van der Waals surface area contributed by atoms with Crippen LogP contribution < -0.4 is 15.8 Å². The number of hydrogen-bond donors (Lipinski definition) is 4. The first kappa shape index (κ1) is 18.1. The smallest absolute Gasteiger partial charge is 0.404 e. The van der Waals surface area contributed by atoms with Gasteiger partial charge in [0.25, 0.3) is 0 Å². The summed E-state index contributed by atoms with van der Waals surface area (Å²) >= 11 is 0. The van der Waals surface area contributed by atoms with Crippen molar-refractivity contribution in [3.63, 3.8) is 0 Å². The number of amides is 1. The third-order valence-corrected chi connectivity index (χ3v) is 2.78. The van der Waals surface area contributed by atoms with Gasteiger partial charge in [0.2, 0.25) is 5.91 Å². The number of hydrogen-bond acceptors (Lipinski definition) is 5. The largest absolute Gasteiger partial charge is 0.573 e. The van der Waals surface area contributed by atoms with E-state index in [-0.39, 0.29) is 30.1 Å². The molecule has 0 saturated carbocycles. The molecule has 124 valence electrons. The van der Waals surface area contributed by atoms with Crippen LogP contribution in [0, 0.1) is 0 Å². The topological polar surface area (TPSA) is 105 Å². The number of carbonyl (C=O) groups excluding carboxylic acids is 1. The molecule has 0 spiro atoms. The fourth-order valence-electron chi connectivity index (χ4n) is 1.74. The molecular weight excluding hydrogens is 305 g/mol. The van der Waals surface area contributed by atoms with Crippen LogP contribution in [-0.4, -0.2) is 35.1 Å². The molecule has 0 fully saturated rings. The number of ether oxygens (including phenoxy) is 1. The summed E-state index contributed by atoms with van der Waals surface area (Å²) in [5, 5.41) is 22.1. The highest BCUT2D eigenvalue weighted by Gasteiger charge is 2.32. The zero-order valence-corrected chi connectivity index (χ0v) is 11.7. The summed E-state index contributed by atoms with van der Waals surface area (Å²) in [5.41, 5.74) is 5.26. The molecule has 0 aromatic heterocycles. The number of anilines is 1. The van der Waals surface area contributed by atoms with Crippen LogP contribution in [0.5, 0.6) is 5.75 Å². The third kappa shape index (κ3) is 5.78. The first-order valence-electron chi connectivity index (χ1n) is 6.36. The maximum absolute atomic E-state index is 12.1. The van der Waals surface area contributed by atoms with E-state index in [1.165, 1.54) is 13.0 Å². The van der Waals surface area contributed by atoms with Gasteiger partial charge >= 0.3 is 6.36 Å². The number of alkyl halides is 3. The predicted octanol–water partition coefficient (Wildman–Crippen LogP) is 1.09. The lowest BCUT2D eigenvalue weighted by Gasteiger charge is -2.19. The van der Waals surface area contributed by atoms with E-state index in [1.807, 2.05) is 0 Å². The average molecular weight is 322 g/mol. The number of nitrogens with one attached hydrogen (secondary N) is 1. The molecule has 9 heteroatoms. The number of aliphatic hydroxyl groups excluding tert-OH is 2. The Morgan fingerprint density at radius 3 is 2.55 bits per heavy atom. The van der Waals surface area contributed by atoms with Gasteiger partial charge in [0, 0.05) is 13.5 Å². The van der Waals surface area contributed by atoms with Gasteiger partial charge in [-0.2, -0.15) is 0 Å². The molecule has 6 nitrogen and oxygen atoms in total. The molecule has 2 atom stereocenters. The van der Waals surface area contributed by atoms with Crippen molar-refractivity contribution < 1.29 is 32.9 Å². The Morgan fingerprint density at radius 1 is 1.41 bits per heavy atom. The van der Waals surface area contributed by atoms with Gasteiger partial charge in [-0.15, -0.1) is 13.2 Å². The van der Waals surface area contributed by atoms with E-state index in [9.17, 15) is 28.2 Å². The second-order valence-electron chi connectivity index (χ2n) is 4.63. The highest BCUT2D eigenvalue weighted by molar-refractivity contribution is 5.72. The fourth-order valence-corrected chi connectivity index (χ4v) is 1.74. The van der Waals surface area contributed by atoms with Crippen LogP contribution >= 0.6 is 0 Å². The first-order chi connectivity index (χ1) is 10.1. The summed E-state index contributed by atoms with van der Waals surface area (Å²) in [4.78, 5) is 10.7. The van der Waals surface area contributed by atoms with Gasteiger partial charge in [0.05, 0.1) is 11.8 Å². The van der Waals surface area contributed by atoms with Crippen molar-refractivity contribution >= 4 is 11.6 Å². The number of halogens is 3. The lowest BCUT2D eigenvalue weighted by molar-refractivity contribution is -0.274. The minimum Gasteiger partial charge on any atom is -0.404 e. The van der Waals surface area contributed by atoms with E-state index in [4.69, 9.17) is 5.73 Å². The molecule has 0 aliphatic rings. The van der Waals surface area contributed by atoms with E-state index >= 15 is 0 Å². The van der Waals surface area contributed by atoms with Crippen LogP contribution in [-0.2, 0) is 4.79 Å². The van der Waals surface area contributed by atoms with Crippen molar-refractivity contribution in [2.24, 2.45) is 0 Å². The van der Waals surface area contributed by atoms with Gasteiger partial charge in [-0.1, -0.05) is 6.07 Å². The first-order valence-corrected chi connectivity index (χ1v) is 6.36. The number of nitrogens with two attached hydrogens (primary N) is 1. The van der Waals surface area contributed by atoms with Crippen molar-refractivity contribution in [1.82, 2.24) is 5.32 Å². The lowest BCUT2D eigenvalue weighted by atomic mass is 10.0. The van der Waals surface area contributed by atoms with Crippen LogP contribution in [0.4, 0.5) is 18.9 Å². The molecule has 1 amide bonds. The number of carbonyl (C=O) groups is 1. The summed E-state index contributed by atoms with van der Waals surface area (Å²) in [6.45, 7) is 1.46. The molecule has 1 rings (SSSR count). The summed E-state index contributed by atoms with van der Waals surface area (Å²) in [7, 11) is 0. The Balaban J connectivity index is 2.72. The zero-order valence-electron chi connectivity index (χ0n) is 11.7. The molecule has 0 saturated heterocycles. The maximum Gasteiger partial charge on any atom is 0.573 e. The van der Waals surface area contributed by atoms with Crippen LogP contribution in [0.2, 0.25) is 0 Å². The van der Waals surface area contributed by atoms with E-state index in [0.29, 0.717) is 0 Å². The molecule has 22 heavy (non-hydrogen) atoms. The molecule has 0 aliphatic carbocycles. The molecule has 0 radical (unpaired) electrons. The zero-order chi connectivity index (χ0) is 16.9. The van der Waals surface area contributed by atoms with Crippen molar-refractivity contribution in [2.45, 2.75) is 31.9 Å². The maximum atomic E-state index is 12.1. The van der Waals surface area contributed by atoms with Gasteiger partial charge in [-0.25, -0.2) is 0 Å². The van der Waals surface area contributed by atoms with Crippen molar-refractivity contribution in [3.05, 3.63) is 23.8 Å². The number of rotatable bonds is 6. The Bertz CT molecular complexity index is 522. The standard InChI is InChI=1S/C13H17F3N2O4/c1-7(19)18-5-4-10(20)12(21)8-2-3-11(9(17)6-8)22-13(14,15)16/h2-3,6,10,12,20-21H,4-5,17H2,1H3,(H,18,19). The summed E-state index contributed by atoms with van der Waals surface area (Å²) in [6.07, 6.45) is -7.36. The van der Waals surface area contributed by atoms with E-state index in [0.717, 1.165) is 12.1 Å². The van der Waals surface area contributed by atoms with E-state index in [2.05, 4.69) is 10.1 Å². The molecule has 0 heterocycles. The van der Waals surface area contributed by atoms with Crippen molar-refractivity contribution in [2.75, 3.05) is 12.3 Å². The second-order valence-corrected chi connectivity index (χ2v) is 4.63. The summed E-state index contributed by atoms with van der Waals surface area (Å²) < 4.78 is 40.0. The Labute approximate surface area is 124 Å². The van der Waals surface area contributed by atoms with Crippen molar-refractivity contribution in [1.29, 1.82) is 0 Å². The summed E-state index contributed by atoms with van der Waals surface area (Å²) in [5.74, 6) is -0.865. The van der Waals surface area contributed by atoms with Crippen LogP contribution in [0.3, 0.4) is 0 Å². The van der Waals surface area contributed by atoms with Gasteiger partial charge < -0.3 is 26.0 Å². The van der Waals surface area contributed by atoms with E-state index in [1.54, 1.807) is 0 Å². The molecule has 1 aromatic rings. The molecule has 0 bridgehead atoms. The van der Waals surface area contributed by atoms with Gasteiger partial charge in [0.1, 0.15) is 6.10 Å². The highest BCUT2D eigenvalue weighted by atomic mass is 19.4. The van der Waals surface area contributed by atoms with Crippen LogP contribution in [0.25, 0.3) is 0 Å². The predicted molar refractivity (Wildman–Crippen MR) is 71.8 cm³/mol. The molecule has 2 unspecified atom stereocenters. The summed E-state index contributed by atoms with van der Waals surface area (Å²) in [6, 6.07) is 3.22. The Kier molecular flexibility index (Phi) is 6.01. The minimum atomic E-state index is -4.87. The van der Waals surface area contributed by atoms with Crippen molar-refractivity contribution in [3.8, 4) is 5.75 Å². The van der Waals surface area contributed by atoms with Gasteiger partial charge in [0.15, 0.2) is 5.75 Å². The van der Waals surface area contributed by atoms with Gasteiger partial charge in [-0.05, 0) is 24.1 Å². The molecule has 1 aromatic carbocycles. The Morgan fingerprint density at radius 2 is 2.05 bits per heavy atom. The number of nitrogen functional groups attached to an aromatic ring is 1. The number of aliphatic hydroxyl groups is 2. The Hall–Kier alpha value is -2.00. The SMILES string of the molecule is CC(=O)NCCC(O)C(O)c1ccc(OC(F)(F)F)c(N)c1. The minimum absolute atomic E-state index is 0.0709. The van der Waals surface area contributed by atoms with Crippen LogP contribution in [0.15, 0.2) is 18.2 Å². The lowest BCUT2D eigenvalue weighted by Crippen LogP contribution is -2.27. The second kappa shape index (κ2) is 7.32. The van der Waals surface area contributed by atoms with E-state index < -0.39 is 24.3 Å². The van der Waals surface area contributed by atoms with Gasteiger partial charge in [-0.3, -0.25) is 4.79 Å². The normalized spacial score (nSPS) is 14.3. The highest BCUT2D eigenvalue weighted by Crippen LogP contribution is 2.31. The number of benzene rings is 1. The molecule has 0 aliphatic heterocycles. The molecular formula is C13H17F3N2O4. The fraction of sp³-hybridized carbons (Fsp3) is 0.462. The average Bonchev–Trinajstić information content (AvgIpc) is 2.38. The monoisotopic (exact) mass is 322 g/mol. The third-order valence-electron chi connectivity index (χ3n) is 2.78. The van der Waals surface area contributed by atoms with Crippen LogP contribution in [0.1, 0.15) is 25.0 Å². The molecule has 5 N–H and O–H groups in total. The quantitative estimate of drug-likeness (QED) is 0.587.